The number of aryl methyl sites for hydroxylation is 1. The van der Waals surface area contributed by atoms with Crippen LogP contribution in [0.15, 0.2) is 17.0 Å². The molecule has 21 heavy (non-hydrogen) atoms. The van der Waals surface area contributed by atoms with Gasteiger partial charge in [0.15, 0.2) is 0 Å². The number of nitrogens with two attached hydrogens (primary N) is 1. The van der Waals surface area contributed by atoms with Crippen molar-refractivity contribution in [3.8, 4) is 0 Å². The maximum absolute atomic E-state index is 12.7. The summed E-state index contributed by atoms with van der Waals surface area (Å²) >= 11 is 0. The van der Waals surface area contributed by atoms with E-state index in [0.717, 1.165) is 5.56 Å². The number of aliphatic hydroxyl groups excluding tert-OH is 1. The van der Waals surface area contributed by atoms with Gasteiger partial charge in [-0.2, -0.15) is 0 Å². The molecule has 0 aliphatic carbocycles. The van der Waals surface area contributed by atoms with Gasteiger partial charge in [0.05, 0.1) is 16.5 Å². The third-order valence-corrected chi connectivity index (χ3v) is 5.53. The summed E-state index contributed by atoms with van der Waals surface area (Å²) in [7, 11) is -3.75. The van der Waals surface area contributed by atoms with Gasteiger partial charge in [0, 0.05) is 5.69 Å². The van der Waals surface area contributed by atoms with E-state index in [9.17, 15) is 13.5 Å². The molecular formula is C15H26N2O3S. The van der Waals surface area contributed by atoms with Crippen LogP contribution in [-0.2, 0) is 22.9 Å². The number of benzene rings is 1. The summed E-state index contributed by atoms with van der Waals surface area (Å²) in [5.74, 6) is 0. The standard InChI is InChI=1S/C15H26N2O3S/c1-6-11-8-13(16)12(7-2)14(9-11)21(19,20)17-15(4,5)10(3)18/h8-10,17-18H,6-7,16H2,1-5H3. The minimum absolute atomic E-state index is 0.204. The Morgan fingerprint density at radius 2 is 1.86 bits per heavy atom. The Kier molecular flexibility index (Phi) is 5.41. The van der Waals surface area contributed by atoms with Crippen LogP contribution in [0.25, 0.3) is 0 Å². The highest BCUT2D eigenvalue weighted by Crippen LogP contribution is 2.26. The summed E-state index contributed by atoms with van der Waals surface area (Å²) in [5.41, 5.74) is 7.01. The van der Waals surface area contributed by atoms with E-state index in [1.165, 1.54) is 0 Å². The quantitative estimate of drug-likeness (QED) is 0.698. The summed E-state index contributed by atoms with van der Waals surface area (Å²) < 4.78 is 27.9. The first-order chi connectivity index (χ1) is 9.55. The third kappa shape index (κ3) is 3.96. The lowest BCUT2D eigenvalue weighted by Gasteiger charge is -2.29. The molecule has 1 rings (SSSR count). The zero-order chi connectivity index (χ0) is 16.4. The zero-order valence-corrected chi connectivity index (χ0v) is 14.2. The molecule has 6 heteroatoms. The average Bonchev–Trinajstić information content (AvgIpc) is 2.36. The molecular weight excluding hydrogens is 288 g/mol. The van der Waals surface area contributed by atoms with E-state index in [4.69, 9.17) is 5.73 Å². The van der Waals surface area contributed by atoms with Crippen LogP contribution < -0.4 is 10.5 Å². The van der Waals surface area contributed by atoms with Crippen LogP contribution in [0.3, 0.4) is 0 Å². The molecule has 0 radical (unpaired) electrons. The van der Waals surface area contributed by atoms with Crippen LogP contribution in [0.1, 0.15) is 45.7 Å². The third-order valence-electron chi connectivity index (χ3n) is 3.80. The first kappa shape index (κ1) is 17.9. The Morgan fingerprint density at radius 3 is 2.29 bits per heavy atom. The monoisotopic (exact) mass is 314 g/mol. The Hall–Kier alpha value is -1.11. The molecule has 1 unspecified atom stereocenters. The van der Waals surface area contributed by atoms with E-state index in [1.807, 2.05) is 19.9 Å². The second kappa shape index (κ2) is 6.34. The van der Waals surface area contributed by atoms with Gasteiger partial charge in [0.2, 0.25) is 10.0 Å². The van der Waals surface area contributed by atoms with Gasteiger partial charge in [-0.25, -0.2) is 13.1 Å². The minimum Gasteiger partial charge on any atom is -0.398 e. The van der Waals surface area contributed by atoms with Crippen molar-refractivity contribution in [2.24, 2.45) is 0 Å². The molecule has 0 saturated heterocycles. The van der Waals surface area contributed by atoms with E-state index >= 15 is 0 Å². The number of nitrogen functional groups attached to an aromatic ring is 1. The number of hydrogen-bond donors (Lipinski definition) is 3. The largest absolute Gasteiger partial charge is 0.398 e. The fraction of sp³-hybridized carbons (Fsp3) is 0.600. The molecule has 0 spiro atoms. The summed E-state index contributed by atoms with van der Waals surface area (Å²) in [6.07, 6.45) is 0.418. The number of rotatable bonds is 6. The lowest BCUT2D eigenvalue weighted by Crippen LogP contribution is -2.51. The minimum atomic E-state index is -3.75. The van der Waals surface area contributed by atoms with Crippen LogP contribution in [0.2, 0.25) is 0 Å². The van der Waals surface area contributed by atoms with Crippen LogP contribution in [-0.4, -0.2) is 25.2 Å². The van der Waals surface area contributed by atoms with Gasteiger partial charge >= 0.3 is 0 Å². The predicted molar refractivity (Wildman–Crippen MR) is 85.7 cm³/mol. The molecule has 1 aromatic carbocycles. The highest BCUT2D eigenvalue weighted by atomic mass is 32.2. The van der Waals surface area contributed by atoms with Gasteiger partial charge in [0.25, 0.3) is 0 Å². The van der Waals surface area contributed by atoms with Crippen molar-refractivity contribution in [2.75, 3.05) is 5.73 Å². The van der Waals surface area contributed by atoms with Crippen LogP contribution in [0, 0.1) is 0 Å². The Morgan fingerprint density at radius 1 is 1.29 bits per heavy atom. The van der Waals surface area contributed by atoms with Gasteiger partial charge in [-0.3, -0.25) is 0 Å². The molecule has 0 aromatic heterocycles. The lowest BCUT2D eigenvalue weighted by atomic mass is 10.0. The fourth-order valence-corrected chi connectivity index (χ4v) is 3.90. The van der Waals surface area contributed by atoms with E-state index in [-0.39, 0.29) is 4.90 Å². The molecule has 0 saturated carbocycles. The van der Waals surface area contributed by atoms with Crippen molar-refractivity contribution in [3.63, 3.8) is 0 Å². The van der Waals surface area contributed by atoms with Gasteiger partial charge < -0.3 is 10.8 Å². The Bertz CT molecular complexity index is 608. The van der Waals surface area contributed by atoms with Crippen LogP contribution >= 0.6 is 0 Å². The SMILES string of the molecule is CCc1cc(N)c(CC)c(S(=O)(=O)NC(C)(C)C(C)O)c1. The summed E-state index contributed by atoms with van der Waals surface area (Å²) in [6.45, 7) is 8.67. The smallest absolute Gasteiger partial charge is 0.241 e. The van der Waals surface area contributed by atoms with Gasteiger partial charge in [-0.05, 0) is 56.9 Å². The van der Waals surface area contributed by atoms with E-state index < -0.39 is 21.7 Å². The van der Waals surface area contributed by atoms with Gasteiger partial charge in [-0.15, -0.1) is 0 Å². The Balaban J connectivity index is 3.40. The molecule has 0 aliphatic rings. The zero-order valence-electron chi connectivity index (χ0n) is 13.4. The number of nitrogens with one attached hydrogen (secondary N) is 1. The molecule has 0 fully saturated rings. The lowest BCUT2D eigenvalue weighted by molar-refractivity contribution is 0.111. The van der Waals surface area contributed by atoms with Crippen molar-refractivity contribution in [3.05, 3.63) is 23.3 Å². The second-order valence-electron chi connectivity index (χ2n) is 5.87. The molecule has 0 bridgehead atoms. The van der Waals surface area contributed by atoms with Gasteiger partial charge in [-0.1, -0.05) is 13.8 Å². The fourth-order valence-electron chi connectivity index (χ4n) is 2.04. The summed E-state index contributed by atoms with van der Waals surface area (Å²) in [6, 6.07) is 3.48. The number of sulfonamides is 1. The first-order valence-corrected chi connectivity index (χ1v) is 8.66. The topological polar surface area (TPSA) is 92.4 Å². The van der Waals surface area contributed by atoms with E-state index in [2.05, 4.69) is 4.72 Å². The van der Waals surface area contributed by atoms with Crippen molar-refractivity contribution < 1.29 is 13.5 Å². The first-order valence-electron chi connectivity index (χ1n) is 7.18. The van der Waals surface area contributed by atoms with Crippen molar-refractivity contribution in [1.29, 1.82) is 0 Å². The highest BCUT2D eigenvalue weighted by molar-refractivity contribution is 7.89. The molecule has 120 valence electrons. The molecule has 0 amide bonds. The van der Waals surface area contributed by atoms with E-state index in [0.29, 0.717) is 24.1 Å². The number of anilines is 1. The summed E-state index contributed by atoms with van der Waals surface area (Å²) in [4.78, 5) is 0.204. The predicted octanol–water partition coefficient (Wildman–Crippen LogP) is 1.83. The van der Waals surface area contributed by atoms with Crippen molar-refractivity contribution in [2.45, 2.75) is 64.0 Å². The molecule has 0 heterocycles. The van der Waals surface area contributed by atoms with Crippen LogP contribution in [0.5, 0.6) is 0 Å². The highest BCUT2D eigenvalue weighted by Gasteiger charge is 2.32. The number of aliphatic hydroxyl groups is 1. The maximum Gasteiger partial charge on any atom is 0.241 e. The average molecular weight is 314 g/mol. The van der Waals surface area contributed by atoms with Crippen LogP contribution in [0.4, 0.5) is 5.69 Å². The number of hydrogen-bond acceptors (Lipinski definition) is 4. The van der Waals surface area contributed by atoms with E-state index in [1.54, 1.807) is 26.8 Å². The Labute approximate surface area is 127 Å². The molecule has 0 aliphatic heterocycles. The molecule has 4 N–H and O–H groups in total. The second-order valence-corrected chi connectivity index (χ2v) is 7.52. The van der Waals surface area contributed by atoms with Gasteiger partial charge in [0.1, 0.15) is 0 Å². The maximum atomic E-state index is 12.7. The summed E-state index contributed by atoms with van der Waals surface area (Å²) in [5, 5.41) is 9.72. The normalized spacial score (nSPS) is 14.2. The molecule has 5 nitrogen and oxygen atoms in total. The van der Waals surface area contributed by atoms with Crippen molar-refractivity contribution >= 4 is 15.7 Å². The molecule has 1 atom stereocenters. The van der Waals surface area contributed by atoms with Crippen molar-refractivity contribution in [1.82, 2.24) is 4.72 Å². The molecule has 1 aromatic rings.